The fraction of sp³-hybridized carbons (Fsp3) is 0.174. The number of furan rings is 1. The fourth-order valence-corrected chi connectivity index (χ4v) is 5.04. The van der Waals surface area contributed by atoms with Crippen molar-refractivity contribution in [1.82, 2.24) is 9.29 Å². The molecular weight excluding hydrogens is 432 g/mol. The van der Waals surface area contributed by atoms with Crippen LogP contribution in [0.1, 0.15) is 11.3 Å². The second kappa shape index (κ2) is 8.18. The number of ether oxygens (including phenoxy) is 2. The van der Waals surface area contributed by atoms with Crippen molar-refractivity contribution in [2.75, 3.05) is 13.2 Å². The lowest BCUT2D eigenvalue weighted by Gasteiger charge is -2.22. The van der Waals surface area contributed by atoms with Crippen molar-refractivity contribution in [2.45, 2.75) is 18.0 Å². The molecule has 8 nitrogen and oxygen atoms in total. The number of hydrogen-bond donors (Lipinski definition) is 1. The maximum Gasteiger partial charge on any atom is 0.252 e. The molecule has 3 heterocycles. The molecule has 0 aliphatic carbocycles. The average molecular weight is 452 g/mol. The second-order valence-corrected chi connectivity index (χ2v) is 9.31. The quantitative estimate of drug-likeness (QED) is 0.482. The van der Waals surface area contributed by atoms with Crippen LogP contribution in [0.5, 0.6) is 11.5 Å². The van der Waals surface area contributed by atoms with Crippen LogP contribution in [0, 0.1) is 0 Å². The van der Waals surface area contributed by atoms with E-state index in [1.807, 2.05) is 0 Å². The lowest BCUT2D eigenvalue weighted by atomic mass is 10.1. The molecular formula is C23H20N2O6S. The lowest BCUT2D eigenvalue weighted by molar-refractivity contribution is 0.172. The third-order valence-corrected chi connectivity index (χ3v) is 7.03. The number of nitrogens with one attached hydrogen (secondary N) is 1. The summed E-state index contributed by atoms with van der Waals surface area (Å²) in [6, 6.07) is 16.7. The van der Waals surface area contributed by atoms with Gasteiger partial charge in [-0.15, -0.1) is 0 Å². The standard InChI is InChI=1S/C23H20N2O6S/c26-23-17(11-16-12-21-22(13-20(16)24-23)31-10-9-30-21)14-25(15-18-5-4-8-29-18)32(27,28)19-6-2-1-3-7-19/h1-8,11-13H,9-10,14-15H2,(H,24,26). The molecule has 0 saturated heterocycles. The van der Waals surface area contributed by atoms with Gasteiger partial charge in [0.15, 0.2) is 11.5 Å². The van der Waals surface area contributed by atoms with E-state index in [2.05, 4.69) is 4.98 Å². The Balaban J connectivity index is 1.55. The van der Waals surface area contributed by atoms with E-state index in [0.29, 0.717) is 41.6 Å². The van der Waals surface area contributed by atoms with Crippen molar-refractivity contribution in [3.05, 3.63) is 88.6 Å². The first-order valence-corrected chi connectivity index (χ1v) is 11.5. The predicted octanol–water partition coefficient (Wildman–Crippen LogP) is 3.28. The van der Waals surface area contributed by atoms with E-state index >= 15 is 0 Å². The zero-order valence-electron chi connectivity index (χ0n) is 17.0. The summed E-state index contributed by atoms with van der Waals surface area (Å²) in [7, 11) is -3.88. The van der Waals surface area contributed by atoms with Crippen molar-refractivity contribution in [2.24, 2.45) is 0 Å². The summed E-state index contributed by atoms with van der Waals surface area (Å²) in [6.45, 7) is 0.751. The summed E-state index contributed by atoms with van der Waals surface area (Å²) in [5.41, 5.74) is 0.522. The van der Waals surface area contributed by atoms with Crippen LogP contribution in [-0.2, 0) is 23.1 Å². The van der Waals surface area contributed by atoms with Crippen molar-refractivity contribution in [1.29, 1.82) is 0 Å². The number of hydrogen-bond acceptors (Lipinski definition) is 6. The molecule has 4 aromatic rings. The molecule has 32 heavy (non-hydrogen) atoms. The van der Waals surface area contributed by atoms with Crippen molar-refractivity contribution in [3.63, 3.8) is 0 Å². The first-order chi connectivity index (χ1) is 15.5. The zero-order chi connectivity index (χ0) is 22.1. The molecule has 0 amide bonds. The molecule has 1 aliphatic rings. The zero-order valence-corrected chi connectivity index (χ0v) is 17.8. The Hall–Kier alpha value is -3.56. The van der Waals surface area contributed by atoms with Crippen LogP contribution in [0.3, 0.4) is 0 Å². The Labute approximate surface area is 184 Å². The molecule has 0 spiro atoms. The molecule has 0 radical (unpaired) electrons. The summed E-state index contributed by atoms with van der Waals surface area (Å²) in [6.07, 6.45) is 1.48. The van der Waals surface area contributed by atoms with Crippen LogP contribution >= 0.6 is 0 Å². The van der Waals surface area contributed by atoms with Gasteiger partial charge < -0.3 is 18.9 Å². The van der Waals surface area contributed by atoms with Crippen LogP contribution in [-0.4, -0.2) is 30.9 Å². The minimum atomic E-state index is -3.88. The van der Waals surface area contributed by atoms with Gasteiger partial charge in [-0.1, -0.05) is 18.2 Å². The highest BCUT2D eigenvalue weighted by atomic mass is 32.2. The predicted molar refractivity (Wildman–Crippen MR) is 117 cm³/mol. The molecule has 2 aromatic heterocycles. The Bertz CT molecular complexity index is 1410. The van der Waals surface area contributed by atoms with Crippen LogP contribution in [0.4, 0.5) is 0 Å². The Morgan fingerprint density at radius 2 is 1.66 bits per heavy atom. The fourth-order valence-electron chi connectivity index (χ4n) is 3.64. The molecule has 0 atom stereocenters. The number of fused-ring (bicyclic) bond motifs is 2. The molecule has 0 unspecified atom stereocenters. The topological polar surface area (TPSA) is 102 Å². The number of benzene rings is 2. The monoisotopic (exact) mass is 452 g/mol. The van der Waals surface area contributed by atoms with Gasteiger partial charge in [0.1, 0.15) is 19.0 Å². The van der Waals surface area contributed by atoms with Crippen LogP contribution in [0.15, 0.2) is 81.0 Å². The van der Waals surface area contributed by atoms with Crippen molar-refractivity contribution < 1.29 is 22.3 Å². The van der Waals surface area contributed by atoms with Crippen molar-refractivity contribution in [3.8, 4) is 11.5 Å². The molecule has 1 aliphatic heterocycles. The van der Waals surface area contributed by atoms with E-state index in [4.69, 9.17) is 13.9 Å². The third-order valence-electron chi connectivity index (χ3n) is 5.22. The number of aromatic amines is 1. The van der Waals surface area contributed by atoms with E-state index in [1.54, 1.807) is 48.5 Å². The van der Waals surface area contributed by atoms with Gasteiger partial charge in [0.25, 0.3) is 5.56 Å². The lowest BCUT2D eigenvalue weighted by Crippen LogP contribution is -2.32. The summed E-state index contributed by atoms with van der Waals surface area (Å²) >= 11 is 0. The molecule has 9 heteroatoms. The van der Waals surface area contributed by atoms with Crippen LogP contribution < -0.4 is 15.0 Å². The molecule has 1 N–H and O–H groups in total. The third kappa shape index (κ3) is 3.88. The van der Waals surface area contributed by atoms with E-state index in [1.165, 1.54) is 22.7 Å². The normalized spacial score (nSPS) is 13.5. The highest BCUT2D eigenvalue weighted by Crippen LogP contribution is 2.34. The van der Waals surface area contributed by atoms with Gasteiger partial charge in [-0.25, -0.2) is 8.42 Å². The van der Waals surface area contributed by atoms with Gasteiger partial charge in [0.2, 0.25) is 10.0 Å². The smallest absolute Gasteiger partial charge is 0.252 e. The Morgan fingerprint density at radius 1 is 0.906 bits per heavy atom. The Morgan fingerprint density at radius 3 is 2.38 bits per heavy atom. The van der Waals surface area contributed by atoms with Crippen LogP contribution in [0.25, 0.3) is 10.9 Å². The van der Waals surface area contributed by atoms with Gasteiger partial charge in [-0.05, 0) is 36.4 Å². The molecule has 0 saturated carbocycles. The molecule has 2 aromatic carbocycles. The van der Waals surface area contributed by atoms with Gasteiger partial charge in [0, 0.05) is 23.6 Å². The first kappa shape index (κ1) is 20.3. The minimum Gasteiger partial charge on any atom is -0.486 e. The summed E-state index contributed by atoms with van der Waals surface area (Å²) in [5.74, 6) is 1.63. The Kier molecular flexibility index (Phi) is 5.20. The highest BCUT2D eigenvalue weighted by Gasteiger charge is 2.27. The van der Waals surface area contributed by atoms with E-state index < -0.39 is 10.0 Å². The van der Waals surface area contributed by atoms with Gasteiger partial charge >= 0.3 is 0 Å². The maximum atomic E-state index is 13.4. The number of nitrogens with zero attached hydrogens (tertiary/aromatic N) is 1. The van der Waals surface area contributed by atoms with Crippen molar-refractivity contribution >= 4 is 20.9 Å². The van der Waals surface area contributed by atoms with Gasteiger partial charge in [0.05, 0.1) is 23.2 Å². The summed E-state index contributed by atoms with van der Waals surface area (Å²) < 4.78 is 44.5. The number of H-pyrrole nitrogens is 1. The molecule has 0 bridgehead atoms. The molecule has 5 rings (SSSR count). The number of aromatic nitrogens is 1. The van der Waals surface area contributed by atoms with E-state index in [-0.39, 0.29) is 23.5 Å². The maximum absolute atomic E-state index is 13.4. The van der Waals surface area contributed by atoms with Crippen LogP contribution in [0.2, 0.25) is 0 Å². The molecule has 164 valence electrons. The van der Waals surface area contributed by atoms with E-state index in [9.17, 15) is 13.2 Å². The number of rotatable bonds is 6. The van der Waals surface area contributed by atoms with Gasteiger partial charge in [-0.3, -0.25) is 4.79 Å². The minimum absolute atomic E-state index is 0.0111. The highest BCUT2D eigenvalue weighted by molar-refractivity contribution is 7.89. The number of pyridine rings is 1. The van der Waals surface area contributed by atoms with E-state index in [0.717, 1.165) is 5.39 Å². The first-order valence-electron chi connectivity index (χ1n) is 10.0. The summed E-state index contributed by atoms with van der Waals surface area (Å²) in [5, 5.41) is 0.721. The summed E-state index contributed by atoms with van der Waals surface area (Å²) in [4.78, 5) is 15.8. The number of sulfonamides is 1. The average Bonchev–Trinajstić information content (AvgIpc) is 3.31. The second-order valence-electron chi connectivity index (χ2n) is 7.37. The van der Waals surface area contributed by atoms with Gasteiger partial charge in [-0.2, -0.15) is 4.31 Å². The molecule has 0 fully saturated rings. The largest absolute Gasteiger partial charge is 0.486 e. The SMILES string of the molecule is O=c1[nH]c2cc3c(cc2cc1CN(Cc1ccco1)S(=O)(=O)c1ccccc1)OCCO3.